The molecule has 0 bridgehead atoms. The van der Waals surface area contributed by atoms with E-state index in [0.717, 1.165) is 19.3 Å². The fourth-order valence-electron chi connectivity index (χ4n) is 3.87. The number of Topliss-reactive ketones (excluding diaryl/α,β-unsaturated/α-hetero) is 1. The summed E-state index contributed by atoms with van der Waals surface area (Å²) in [7, 11) is 1.59. The minimum absolute atomic E-state index is 0.00702. The molecule has 0 spiro atoms. The molecule has 0 saturated heterocycles. The number of rotatable bonds is 6. The highest BCUT2D eigenvalue weighted by Crippen LogP contribution is 2.44. The van der Waals surface area contributed by atoms with E-state index in [1.54, 1.807) is 31.4 Å². The highest BCUT2D eigenvalue weighted by molar-refractivity contribution is 5.99. The zero-order valence-electron chi connectivity index (χ0n) is 16.1. The van der Waals surface area contributed by atoms with Crippen LogP contribution in [0.25, 0.3) is 0 Å². The summed E-state index contributed by atoms with van der Waals surface area (Å²) in [6.07, 6.45) is 3.12. The van der Waals surface area contributed by atoms with Gasteiger partial charge in [0.2, 0.25) is 5.91 Å². The summed E-state index contributed by atoms with van der Waals surface area (Å²) in [5.74, 6) is 1.52. The molecule has 1 aromatic rings. The first-order valence-electron chi connectivity index (χ1n) is 9.18. The summed E-state index contributed by atoms with van der Waals surface area (Å²) in [6.45, 7) is 8.88. The van der Waals surface area contributed by atoms with Crippen LogP contribution >= 0.6 is 0 Å². The Labute approximate surface area is 151 Å². The molecule has 4 heteroatoms. The molecule has 2 rings (SSSR count). The van der Waals surface area contributed by atoms with E-state index < -0.39 is 0 Å². The summed E-state index contributed by atoms with van der Waals surface area (Å²) in [5.41, 5.74) is 0.776. The molecule has 4 nitrogen and oxygen atoms in total. The van der Waals surface area contributed by atoms with Gasteiger partial charge in [-0.15, -0.1) is 0 Å². The van der Waals surface area contributed by atoms with Gasteiger partial charge in [0.25, 0.3) is 0 Å². The number of carbonyl (C=O) groups is 2. The van der Waals surface area contributed by atoms with Crippen molar-refractivity contribution >= 4 is 11.7 Å². The van der Waals surface area contributed by atoms with E-state index in [2.05, 4.69) is 33.0 Å². The molecule has 1 aliphatic carbocycles. The van der Waals surface area contributed by atoms with Crippen molar-refractivity contribution in [3.05, 3.63) is 29.8 Å². The monoisotopic (exact) mass is 345 g/mol. The first-order valence-corrected chi connectivity index (χ1v) is 9.18. The van der Waals surface area contributed by atoms with Crippen molar-refractivity contribution in [2.75, 3.05) is 13.7 Å². The third kappa shape index (κ3) is 5.07. The number of hydrogen-bond acceptors (Lipinski definition) is 3. The average Bonchev–Trinajstić information content (AvgIpc) is 2.58. The van der Waals surface area contributed by atoms with Crippen LogP contribution in [0.2, 0.25) is 0 Å². The van der Waals surface area contributed by atoms with Crippen molar-refractivity contribution in [3.63, 3.8) is 0 Å². The quantitative estimate of drug-likeness (QED) is 0.790. The average molecular weight is 345 g/mol. The number of ether oxygens (including phenoxy) is 1. The van der Waals surface area contributed by atoms with Crippen LogP contribution in [0.1, 0.15) is 57.3 Å². The first-order chi connectivity index (χ1) is 11.7. The third-order valence-electron chi connectivity index (χ3n) is 5.47. The highest BCUT2D eigenvalue weighted by atomic mass is 16.5. The molecular weight excluding hydrogens is 314 g/mol. The van der Waals surface area contributed by atoms with Crippen LogP contribution in [0.3, 0.4) is 0 Å². The summed E-state index contributed by atoms with van der Waals surface area (Å²) < 4.78 is 5.10. The molecule has 1 saturated carbocycles. The molecule has 0 heterocycles. The maximum atomic E-state index is 12.8. The Kier molecular flexibility index (Phi) is 6.26. The Morgan fingerprint density at radius 2 is 1.88 bits per heavy atom. The van der Waals surface area contributed by atoms with Gasteiger partial charge >= 0.3 is 0 Å². The van der Waals surface area contributed by atoms with E-state index in [0.29, 0.717) is 23.1 Å². The Morgan fingerprint density at radius 3 is 2.44 bits per heavy atom. The molecule has 0 aliphatic heterocycles. The van der Waals surface area contributed by atoms with Gasteiger partial charge in [0.15, 0.2) is 5.78 Å². The van der Waals surface area contributed by atoms with Crippen LogP contribution in [0.15, 0.2) is 24.3 Å². The number of carbonyl (C=O) groups excluding carboxylic acids is 2. The number of hydrogen-bond donors (Lipinski definition) is 1. The number of nitrogens with one attached hydrogen (secondary N) is 1. The van der Waals surface area contributed by atoms with Gasteiger partial charge in [0.05, 0.1) is 13.7 Å². The van der Waals surface area contributed by atoms with Crippen molar-refractivity contribution in [2.45, 2.75) is 47.0 Å². The van der Waals surface area contributed by atoms with E-state index in [-0.39, 0.29) is 29.6 Å². The summed E-state index contributed by atoms with van der Waals surface area (Å²) in [5, 5.41) is 2.88. The van der Waals surface area contributed by atoms with Gasteiger partial charge in [-0.1, -0.05) is 27.7 Å². The Morgan fingerprint density at radius 1 is 1.24 bits per heavy atom. The molecular formula is C21H31NO3. The number of methoxy groups -OCH3 is 1. The van der Waals surface area contributed by atoms with Gasteiger partial charge in [-0.05, 0) is 60.8 Å². The summed E-state index contributed by atoms with van der Waals surface area (Å²) >= 11 is 0. The van der Waals surface area contributed by atoms with E-state index in [1.165, 1.54) is 0 Å². The molecule has 138 valence electrons. The van der Waals surface area contributed by atoms with Gasteiger partial charge in [-0.2, -0.15) is 0 Å². The molecule has 1 aliphatic rings. The van der Waals surface area contributed by atoms with Crippen molar-refractivity contribution < 1.29 is 14.3 Å². The molecule has 2 unspecified atom stereocenters. The predicted octanol–water partition coefficient (Wildman–Crippen LogP) is 4.09. The zero-order chi connectivity index (χ0) is 18.6. The van der Waals surface area contributed by atoms with Crippen LogP contribution in [-0.2, 0) is 4.79 Å². The Hall–Kier alpha value is -1.84. The van der Waals surface area contributed by atoms with Crippen LogP contribution in [0.5, 0.6) is 5.75 Å². The van der Waals surface area contributed by atoms with Crippen molar-refractivity contribution in [1.29, 1.82) is 0 Å². The molecule has 1 fully saturated rings. The smallest absolute Gasteiger partial charge is 0.223 e. The molecule has 25 heavy (non-hydrogen) atoms. The summed E-state index contributed by atoms with van der Waals surface area (Å²) in [6, 6.07) is 6.98. The minimum atomic E-state index is -0.0767. The van der Waals surface area contributed by atoms with Crippen molar-refractivity contribution in [1.82, 2.24) is 5.32 Å². The lowest BCUT2D eigenvalue weighted by Gasteiger charge is -2.41. The van der Waals surface area contributed by atoms with Crippen LogP contribution in [0.4, 0.5) is 0 Å². The lowest BCUT2D eigenvalue weighted by molar-refractivity contribution is -0.130. The second kappa shape index (κ2) is 8.03. The molecule has 1 amide bonds. The van der Waals surface area contributed by atoms with E-state index >= 15 is 0 Å². The molecule has 2 atom stereocenters. The van der Waals surface area contributed by atoms with Gasteiger partial charge in [0, 0.05) is 11.5 Å². The molecule has 1 aromatic carbocycles. The van der Waals surface area contributed by atoms with Gasteiger partial charge in [0.1, 0.15) is 5.75 Å². The molecule has 1 N–H and O–H groups in total. The Bertz CT molecular complexity index is 604. The van der Waals surface area contributed by atoms with Crippen molar-refractivity contribution in [3.8, 4) is 5.75 Å². The van der Waals surface area contributed by atoms with E-state index in [9.17, 15) is 9.59 Å². The van der Waals surface area contributed by atoms with Crippen LogP contribution < -0.4 is 10.1 Å². The maximum absolute atomic E-state index is 12.8. The number of benzene rings is 1. The normalized spacial score (nSPS) is 22.5. The topological polar surface area (TPSA) is 55.4 Å². The number of ketones is 1. The van der Waals surface area contributed by atoms with E-state index in [4.69, 9.17) is 4.74 Å². The SMILES string of the molecule is COc1ccc(C(=O)CNC(=O)C2CC(C)(C)CCC2C(C)C)cc1. The zero-order valence-corrected chi connectivity index (χ0v) is 16.1. The lowest BCUT2D eigenvalue weighted by atomic mass is 9.64. The van der Waals surface area contributed by atoms with Crippen LogP contribution in [0, 0.1) is 23.2 Å². The Balaban J connectivity index is 1.98. The molecule has 0 aromatic heterocycles. The predicted molar refractivity (Wildman–Crippen MR) is 99.8 cm³/mol. The van der Waals surface area contributed by atoms with Gasteiger partial charge in [-0.25, -0.2) is 0 Å². The van der Waals surface area contributed by atoms with Crippen LogP contribution in [-0.4, -0.2) is 25.3 Å². The minimum Gasteiger partial charge on any atom is -0.497 e. The standard InChI is InChI=1S/C21H31NO3/c1-14(2)17-10-11-21(3,4)12-18(17)20(24)22-13-19(23)15-6-8-16(25-5)9-7-15/h6-9,14,17-18H,10-13H2,1-5H3,(H,22,24). The highest BCUT2D eigenvalue weighted by Gasteiger charge is 2.39. The third-order valence-corrected chi connectivity index (χ3v) is 5.47. The fraction of sp³-hybridized carbons (Fsp3) is 0.619. The maximum Gasteiger partial charge on any atom is 0.223 e. The van der Waals surface area contributed by atoms with Crippen molar-refractivity contribution in [2.24, 2.45) is 23.2 Å². The number of amides is 1. The largest absolute Gasteiger partial charge is 0.497 e. The van der Waals surface area contributed by atoms with Gasteiger partial charge < -0.3 is 10.1 Å². The summed E-state index contributed by atoms with van der Waals surface area (Å²) in [4.78, 5) is 25.1. The van der Waals surface area contributed by atoms with Gasteiger partial charge in [-0.3, -0.25) is 9.59 Å². The lowest BCUT2D eigenvalue weighted by Crippen LogP contribution is -2.43. The molecule has 0 radical (unpaired) electrons. The second-order valence-corrected chi connectivity index (χ2v) is 8.29. The first kappa shape index (κ1) is 19.5. The second-order valence-electron chi connectivity index (χ2n) is 8.29. The fourth-order valence-corrected chi connectivity index (χ4v) is 3.87. The van der Waals surface area contributed by atoms with E-state index in [1.807, 2.05) is 0 Å².